The number of rotatable bonds is 5. The van der Waals surface area contributed by atoms with Gasteiger partial charge in [0.2, 0.25) is 0 Å². The van der Waals surface area contributed by atoms with Gasteiger partial charge in [-0.05, 0) is 24.6 Å². The van der Waals surface area contributed by atoms with Crippen LogP contribution in [0, 0.1) is 0 Å². The minimum Gasteiger partial charge on any atom is -0.383 e. The first-order valence-electron chi connectivity index (χ1n) is 5.20. The van der Waals surface area contributed by atoms with Crippen molar-refractivity contribution in [2.75, 3.05) is 32.2 Å². The third kappa shape index (κ3) is 3.53. The maximum absolute atomic E-state index is 5.79. The number of ether oxygens (including phenoxy) is 1. The van der Waals surface area contributed by atoms with E-state index in [0.717, 1.165) is 13.2 Å². The maximum atomic E-state index is 5.79. The molecule has 1 atom stereocenters. The summed E-state index contributed by atoms with van der Waals surface area (Å²) in [6.45, 7) is 3.63. The lowest BCUT2D eigenvalue weighted by Gasteiger charge is -2.19. The molecule has 15 heavy (non-hydrogen) atoms. The van der Waals surface area contributed by atoms with Gasteiger partial charge >= 0.3 is 0 Å². The number of methoxy groups -OCH3 is 1. The molecule has 1 aromatic rings. The molecule has 0 aliphatic heterocycles. The van der Waals surface area contributed by atoms with E-state index in [9.17, 15) is 0 Å². The number of nitrogens with zero attached hydrogens (tertiary/aromatic N) is 1. The average molecular weight is 208 g/mol. The highest BCUT2D eigenvalue weighted by atomic mass is 16.5. The lowest BCUT2D eigenvalue weighted by molar-refractivity contribution is 0.206. The van der Waals surface area contributed by atoms with Crippen LogP contribution < -0.4 is 10.6 Å². The Morgan fingerprint density at radius 2 is 1.93 bits per heavy atom. The highest BCUT2D eigenvalue weighted by molar-refractivity contribution is 5.47. The third-order valence-electron chi connectivity index (χ3n) is 2.49. The van der Waals surface area contributed by atoms with Gasteiger partial charge in [0.05, 0.1) is 6.61 Å². The molecule has 84 valence electrons. The van der Waals surface area contributed by atoms with Gasteiger partial charge in [-0.3, -0.25) is 0 Å². The topological polar surface area (TPSA) is 38.5 Å². The van der Waals surface area contributed by atoms with E-state index in [1.165, 1.54) is 11.3 Å². The van der Waals surface area contributed by atoms with Crippen molar-refractivity contribution in [1.29, 1.82) is 0 Å². The van der Waals surface area contributed by atoms with E-state index >= 15 is 0 Å². The Kier molecular flexibility index (Phi) is 4.59. The summed E-state index contributed by atoms with van der Waals surface area (Å²) in [5.74, 6) is 0. The molecule has 3 heteroatoms. The van der Waals surface area contributed by atoms with E-state index in [-0.39, 0.29) is 6.04 Å². The Morgan fingerprint density at radius 3 is 2.40 bits per heavy atom. The summed E-state index contributed by atoms with van der Waals surface area (Å²) >= 11 is 0. The monoisotopic (exact) mass is 208 g/mol. The standard InChI is InChI=1S/C12H20N2O/c1-10(13)11-4-6-12(7-5-11)14(2)8-9-15-3/h4-7,10H,8-9,13H2,1-3H3/t10-/m1/s1. The van der Waals surface area contributed by atoms with E-state index in [0.29, 0.717) is 0 Å². The van der Waals surface area contributed by atoms with Crippen LogP contribution >= 0.6 is 0 Å². The Labute approximate surface area is 91.8 Å². The van der Waals surface area contributed by atoms with Crippen LogP contribution in [0.15, 0.2) is 24.3 Å². The fourth-order valence-corrected chi connectivity index (χ4v) is 1.39. The van der Waals surface area contributed by atoms with Crippen LogP contribution in [0.2, 0.25) is 0 Å². The van der Waals surface area contributed by atoms with Crippen molar-refractivity contribution in [3.63, 3.8) is 0 Å². The van der Waals surface area contributed by atoms with Crippen LogP contribution in [0.1, 0.15) is 18.5 Å². The molecule has 0 amide bonds. The number of hydrogen-bond acceptors (Lipinski definition) is 3. The average Bonchev–Trinajstić information content (AvgIpc) is 2.26. The summed E-state index contributed by atoms with van der Waals surface area (Å²) < 4.78 is 5.03. The smallest absolute Gasteiger partial charge is 0.0637 e. The molecule has 0 aliphatic carbocycles. The van der Waals surface area contributed by atoms with Gasteiger partial charge in [-0.2, -0.15) is 0 Å². The van der Waals surface area contributed by atoms with Gasteiger partial charge in [0.1, 0.15) is 0 Å². The molecule has 0 heterocycles. The molecule has 0 fully saturated rings. The second-order valence-electron chi connectivity index (χ2n) is 3.79. The third-order valence-corrected chi connectivity index (χ3v) is 2.49. The molecule has 0 aliphatic rings. The van der Waals surface area contributed by atoms with Crippen LogP contribution in [-0.4, -0.2) is 27.3 Å². The second-order valence-corrected chi connectivity index (χ2v) is 3.79. The van der Waals surface area contributed by atoms with E-state index in [1.807, 2.05) is 6.92 Å². The van der Waals surface area contributed by atoms with Crippen LogP contribution in [0.5, 0.6) is 0 Å². The van der Waals surface area contributed by atoms with Gasteiger partial charge in [0, 0.05) is 32.4 Å². The van der Waals surface area contributed by atoms with Crippen LogP contribution in [0.25, 0.3) is 0 Å². The van der Waals surface area contributed by atoms with E-state index in [1.54, 1.807) is 7.11 Å². The normalized spacial score (nSPS) is 12.5. The van der Waals surface area contributed by atoms with Crippen molar-refractivity contribution in [3.05, 3.63) is 29.8 Å². The predicted octanol–water partition coefficient (Wildman–Crippen LogP) is 1.79. The molecular formula is C12H20N2O. The molecule has 0 spiro atoms. The highest BCUT2D eigenvalue weighted by Crippen LogP contribution is 2.16. The van der Waals surface area contributed by atoms with Gasteiger partial charge in [-0.1, -0.05) is 12.1 Å². The first-order valence-corrected chi connectivity index (χ1v) is 5.20. The van der Waals surface area contributed by atoms with Gasteiger partial charge in [-0.25, -0.2) is 0 Å². The SMILES string of the molecule is COCCN(C)c1ccc([C@@H](C)N)cc1. The number of likely N-dealkylation sites (N-methyl/N-ethyl adjacent to an activating group) is 1. The van der Waals surface area contributed by atoms with Gasteiger partial charge < -0.3 is 15.4 Å². The Hall–Kier alpha value is -1.06. The minimum atomic E-state index is 0.100. The van der Waals surface area contributed by atoms with Crippen molar-refractivity contribution >= 4 is 5.69 Å². The summed E-state index contributed by atoms with van der Waals surface area (Å²) in [6, 6.07) is 8.43. The van der Waals surface area contributed by atoms with Gasteiger partial charge in [0.25, 0.3) is 0 Å². The fourth-order valence-electron chi connectivity index (χ4n) is 1.39. The Morgan fingerprint density at radius 1 is 1.33 bits per heavy atom. The second kappa shape index (κ2) is 5.73. The fraction of sp³-hybridized carbons (Fsp3) is 0.500. The molecule has 0 radical (unpaired) electrons. The van der Waals surface area contributed by atoms with Gasteiger partial charge in [-0.15, -0.1) is 0 Å². The zero-order valence-corrected chi connectivity index (χ0v) is 9.73. The summed E-state index contributed by atoms with van der Waals surface area (Å²) in [5.41, 5.74) is 8.14. The molecule has 0 bridgehead atoms. The summed E-state index contributed by atoms with van der Waals surface area (Å²) in [6.07, 6.45) is 0. The lowest BCUT2D eigenvalue weighted by atomic mass is 10.1. The Balaban J connectivity index is 2.62. The highest BCUT2D eigenvalue weighted by Gasteiger charge is 2.02. The summed E-state index contributed by atoms with van der Waals surface area (Å²) in [7, 11) is 3.77. The predicted molar refractivity (Wildman–Crippen MR) is 64.2 cm³/mol. The molecule has 0 saturated carbocycles. The van der Waals surface area contributed by atoms with Gasteiger partial charge in [0.15, 0.2) is 0 Å². The van der Waals surface area contributed by atoms with Crippen molar-refractivity contribution in [2.45, 2.75) is 13.0 Å². The van der Waals surface area contributed by atoms with E-state index in [2.05, 4.69) is 36.2 Å². The van der Waals surface area contributed by atoms with Crippen molar-refractivity contribution < 1.29 is 4.74 Å². The van der Waals surface area contributed by atoms with Crippen LogP contribution in [0.3, 0.4) is 0 Å². The number of hydrogen-bond donors (Lipinski definition) is 1. The first-order chi connectivity index (χ1) is 7.15. The largest absolute Gasteiger partial charge is 0.383 e. The molecular weight excluding hydrogens is 188 g/mol. The minimum absolute atomic E-state index is 0.100. The summed E-state index contributed by atoms with van der Waals surface area (Å²) in [5, 5.41) is 0. The molecule has 0 saturated heterocycles. The van der Waals surface area contributed by atoms with Crippen molar-refractivity contribution in [3.8, 4) is 0 Å². The zero-order valence-electron chi connectivity index (χ0n) is 9.73. The first kappa shape index (κ1) is 12.0. The molecule has 0 unspecified atom stereocenters. The Bertz CT molecular complexity index is 282. The maximum Gasteiger partial charge on any atom is 0.0637 e. The van der Waals surface area contributed by atoms with Crippen molar-refractivity contribution in [2.24, 2.45) is 5.73 Å². The molecule has 0 aromatic heterocycles. The van der Waals surface area contributed by atoms with Crippen LogP contribution in [-0.2, 0) is 4.74 Å². The quantitative estimate of drug-likeness (QED) is 0.801. The van der Waals surface area contributed by atoms with E-state index < -0.39 is 0 Å². The van der Waals surface area contributed by atoms with Crippen LogP contribution in [0.4, 0.5) is 5.69 Å². The van der Waals surface area contributed by atoms with E-state index in [4.69, 9.17) is 10.5 Å². The lowest BCUT2D eigenvalue weighted by Crippen LogP contribution is -2.21. The number of anilines is 1. The molecule has 2 N–H and O–H groups in total. The zero-order chi connectivity index (χ0) is 11.3. The summed E-state index contributed by atoms with van der Waals surface area (Å²) in [4.78, 5) is 2.16. The number of nitrogens with two attached hydrogens (primary N) is 1. The van der Waals surface area contributed by atoms with Crippen molar-refractivity contribution in [1.82, 2.24) is 0 Å². The molecule has 3 nitrogen and oxygen atoms in total. The molecule has 1 aromatic carbocycles. The molecule has 1 rings (SSSR count). The number of benzene rings is 1.